The van der Waals surface area contributed by atoms with Crippen LogP contribution in [0.1, 0.15) is 43.5 Å². The van der Waals surface area contributed by atoms with Crippen LogP contribution in [0.2, 0.25) is 0 Å². The Morgan fingerprint density at radius 1 is 0.864 bits per heavy atom. The van der Waals surface area contributed by atoms with Crippen LogP contribution in [0, 0.1) is 0 Å². The second kappa shape index (κ2) is 7.06. The molecular formula is C16H21N3O3. The Morgan fingerprint density at radius 2 is 1.36 bits per heavy atom. The van der Waals surface area contributed by atoms with Crippen LogP contribution in [0.15, 0.2) is 18.2 Å². The second-order valence-corrected chi connectivity index (χ2v) is 5.51. The Labute approximate surface area is 129 Å². The van der Waals surface area contributed by atoms with E-state index in [1.54, 1.807) is 18.2 Å². The quantitative estimate of drug-likeness (QED) is 0.898. The molecule has 0 aliphatic carbocycles. The van der Waals surface area contributed by atoms with E-state index in [-0.39, 0.29) is 17.7 Å². The summed E-state index contributed by atoms with van der Waals surface area (Å²) in [6.45, 7) is 4.30. The maximum absolute atomic E-state index is 12.6. The zero-order valence-corrected chi connectivity index (χ0v) is 12.9. The third-order valence-electron chi connectivity index (χ3n) is 3.46. The van der Waals surface area contributed by atoms with Crippen LogP contribution >= 0.6 is 0 Å². The van der Waals surface area contributed by atoms with Crippen molar-refractivity contribution in [3.8, 4) is 0 Å². The second-order valence-electron chi connectivity index (χ2n) is 5.51. The summed E-state index contributed by atoms with van der Waals surface area (Å²) in [5, 5.41) is 5.31. The number of carbonyl (C=O) groups excluding carboxylic acids is 3. The first-order chi connectivity index (χ1) is 10.5. The van der Waals surface area contributed by atoms with Gasteiger partial charge in [-0.15, -0.1) is 0 Å². The fourth-order valence-electron chi connectivity index (χ4n) is 2.58. The van der Waals surface area contributed by atoms with Crippen LogP contribution in [0.3, 0.4) is 0 Å². The van der Waals surface area contributed by atoms with Gasteiger partial charge in [-0.25, -0.2) is 0 Å². The summed E-state index contributed by atoms with van der Waals surface area (Å²) in [6.07, 6.45) is 3.16. The molecule has 6 nitrogen and oxygen atoms in total. The Morgan fingerprint density at radius 3 is 1.82 bits per heavy atom. The van der Waals surface area contributed by atoms with E-state index >= 15 is 0 Å². The van der Waals surface area contributed by atoms with Crippen molar-refractivity contribution in [3.05, 3.63) is 23.8 Å². The molecule has 1 fully saturated rings. The normalized spacial score (nSPS) is 14.4. The lowest BCUT2D eigenvalue weighted by Gasteiger charge is -2.27. The summed E-state index contributed by atoms with van der Waals surface area (Å²) in [5.74, 6) is -0.522. The minimum absolute atomic E-state index is 0.0708. The van der Waals surface area contributed by atoms with Gasteiger partial charge in [-0.3, -0.25) is 14.4 Å². The molecule has 2 rings (SSSR count). The summed E-state index contributed by atoms with van der Waals surface area (Å²) in [4.78, 5) is 36.9. The van der Waals surface area contributed by atoms with Crippen LogP contribution in [-0.4, -0.2) is 35.7 Å². The molecular weight excluding hydrogens is 282 g/mol. The van der Waals surface area contributed by atoms with Gasteiger partial charge < -0.3 is 15.5 Å². The fraction of sp³-hybridized carbons (Fsp3) is 0.438. The zero-order valence-electron chi connectivity index (χ0n) is 12.9. The number of likely N-dealkylation sites (tertiary alicyclic amines) is 1. The SMILES string of the molecule is CC(=O)Nc1cc(NC(C)=O)cc(C(=O)N2CCCCC2)c1. The largest absolute Gasteiger partial charge is 0.339 e. The monoisotopic (exact) mass is 303 g/mol. The van der Waals surface area contributed by atoms with E-state index in [0.717, 1.165) is 32.4 Å². The van der Waals surface area contributed by atoms with Gasteiger partial charge in [0.1, 0.15) is 0 Å². The molecule has 1 aromatic rings. The van der Waals surface area contributed by atoms with Crippen molar-refractivity contribution in [1.29, 1.82) is 0 Å². The average molecular weight is 303 g/mol. The van der Waals surface area contributed by atoms with Crippen LogP contribution in [0.4, 0.5) is 11.4 Å². The average Bonchev–Trinajstić information content (AvgIpc) is 2.45. The van der Waals surface area contributed by atoms with E-state index in [1.807, 2.05) is 4.90 Å². The number of anilines is 2. The number of nitrogens with zero attached hydrogens (tertiary/aromatic N) is 1. The highest BCUT2D eigenvalue weighted by atomic mass is 16.2. The highest BCUT2D eigenvalue weighted by Gasteiger charge is 2.19. The molecule has 0 spiro atoms. The minimum atomic E-state index is -0.226. The number of nitrogens with one attached hydrogen (secondary N) is 2. The van der Waals surface area contributed by atoms with E-state index in [2.05, 4.69) is 10.6 Å². The highest BCUT2D eigenvalue weighted by molar-refractivity contribution is 6.00. The van der Waals surface area contributed by atoms with E-state index in [0.29, 0.717) is 16.9 Å². The van der Waals surface area contributed by atoms with E-state index < -0.39 is 0 Å². The number of carbonyl (C=O) groups is 3. The molecule has 2 N–H and O–H groups in total. The molecule has 22 heavy (non-hydrogen) atoms. The number of rotatable bonds is 3. The van der Waals surface area contributed by atoms with Crippen molar-refractivity contribution >= 4 is 29.1 Å². The summed E-state index contributed by atoms with van der Waals surface area (Å²) in [6, 6.07) is 4.92. The lowest BCUT2D eigenvalue weighted by Crippen LogP contribution is -2.35. The Balaban J connectivity index is 2.29. The Kier molecular flexibility index (Phi) is 5.14. The predicted molar refractivity (Wildman–Crippen MR) is 84.8 cm³/mol. The van der Waals surface area contributed by atoms with Gasteiger partial charge in [-0.05, 0) is 37.5 Å². The summed E-state index contributed by atoms with van der Waals surface area (Å²) >= 11 is 0. The molecule has 1 saturated heterocycles. The van der Waals surface area contributed by atoms with E-state index in [4.69, 9.17) is 0 Å². The van der Waals surface area contributed by atoms with Gasteiger partial charge in [0, 0.05) is 43.9 Å². The van der Waals surface area contributed by atoms with E-state index in [9.17, 15) is 14.4 Å². The molecule has 118 valence electrons. The number of hydrogen-bond donors (Lipinski definition) is 2. The predicted octanol–water partition coefficient (Wildman–Crippen LogP) is 2.23. The molecule has 1 aliphatic rings. The Bertz CT molecular complexity index is 558. The molecule has 6 heteroatoms. The lowest BCUT2D eigenvalue weighted by molar-refractivity contribution is -0.115. The molecule has 0 saturated carbocycles. The standard InChI is InChI=1S/C16H21N3O3/c1-11(20)17-14-8-13(9-15(10-14)18-12(2)21)16(22)19-6-4-3-5-7-19/h8-10H,3-7H2,1-2H3,(H,17,20)(H,18,21). The van der Waals surface area contributed by atoms with Gasteiger partial charge in [0.05, 0.1) is 0 Å². The molecule has 0 radical (unpaired) electrons. The fourth-order valence-corrected chi connectivity index (χ4v) is 2.58. The molecule has 0 atom stereocenters. The van der Waals surface area contributed by atoms with Crippen molar-refractivity contribution in [3.63, 3.8) is 0 Å². The zero-order chi connectivity index (χ0) is 16.1. The molecule has 0 aromatic heterocycles. The number of benzene rings is 1. The lowest BCUT2D eigenvalue weighted by atomic mass is 10.1. The van der Waals surface area contributed by atoms with Crippen molar-refractivity contribution in [2.75, 3.05) is 23.7 Å². The summed E-state index contributed by atoms with van der Waals surface area (Å²) in [7, 11) is 0. The molecule has 1 heterocycles. The smallest absolute Gasteiger partial charge is 0.254 e. The maximum atomic E-state index is 12.6. The van der Waals surface area contributed by atoms with Crippen molar-refractivity contribution in [1.82, 2.24) is 4.90 Å². The highest BCUT2D eigenvalue weighted by Crippen LogP contribution is 2.22. The molecule has 0 bridgehead atoms. The summed E-state index contributed by atoms with van der Waals surface area (Å²) < 4.78 is 0. The molecule has 3 amide bonds. The van der Waals surface area contributed by atoms with Gasteiger partial charge in [0.15, 0.2) is 0 Å². The number of amides is 3. The van der Waals surface area contributed by atoms with Gasteiger partial charge in [-0.1, -0.05) is 0 Å². The Hall–Kier alpha value is -2.37. The maximum Gasteiger partial charge on any atom is 0.254 e. The number of hydrogen-bond acceptors (Lipinski definition) is 3. The third kappa shape index (κ3) is 4.31. The molecule has 1 aromatic carbocycles. The molecule has 0 unspecified atom stereocenters. The van der Waals surface area contributed by atoms with Crippen LogP contribution < -0.4 is 10.6 Å². The van der Waals surface area contributed by atoms with Crippen LogP contribution in [-0.2, 0) is 9.59 Å². The van der Waals surface area contributed by atoms with Gasteiger partial charge in [0.25, 0.3) is 5.91 Å². The number of piperidine rings is 1. The topological polar surface area (TPSA) is 78.5 Å². The third-order valence-corrected chi connectivity index (χ3v) is 3.46. The first-order valence-corrected chi connectivity index (χ1v) is 7.45. The van der Waals surface area contributed by atoms with Crippen molar-refractivity contribution in [2.24, 2.45) is 0 Å². The van der Waals surface area contributed by atoms with Crippen molar-refractivity contribution in [2.45, 2.75) is 33.1 Å². The first-order valence-electron chi connectivity index (χ1n) is 7.45. The van der Waals surface area contributed by atoms with Crippen LogP contribution in [0.25, 0.3) is 0 Å². The first kappa shape index (κ1) is 16.0. The van der Waals surface area contributed by atoms with Crippen LogP contribution in [0.5, 0.6) is 0 Å². The van der Waals surface area contributed by atoms with Crippen molar-refractivity contribution < 1.29 is 14.4 Å². The van der Waals surface area contributed by atoms with Gasteiger partial charge in [-0.2, -0.15) is 0 Å². The summed E-state index contributed by atoms with van der Waals surface area (Å²) in [5.41, 5.74) is 1.47. The van der Waals surface area contributed by atoms with Gasteiger partial charge >= 0.3 is 0 Å². The van der Waals surface area contributed by atoms with Gasteiger partial charge in [0.2, 0.25) is 11.8 Å². The minimum Gasteiger partial charge on any atom is -0.339 e. The molecule has 1 aliphatic heterocycles. The van der Waals surface area contributed by atoms with E-state index in [1.165, 1.54) is 13.8 Å².